The molecule has 2 aromatic rings. The van der Waals surface area contributed by atoms with Crippen molar-refractivity contribution in [3.8, 4) is 0 Å². The van der Waals surface area contributed by atoms with Gasteiger partial charge in [-0.3, -0.25) is 10.1 Å². The van der Waals surface area contributed by atoms with Gasteiger partial charge in [-0.15, -0.1) is 11.8 Å². The summed E-state index contributed by atoms with van der Waals surface area (Å²) in [6.45, 7) is 0.183. The van der Waals surface area contributed by atoms with Crippen LogP contribution in [-0.4, -0.2) is 37.7 Å². The summed E-state index contributed by atoms with van der Waals surface area (Å²) in [6.07, 6.45) is -3.87. The number of hydrogen-bond acceptors (Lipinski definition) is 7. The van der Waals surface area contributed by atoms with E-state index in [0.29, 0.717) is 6.20 Å². The molecule has 0 amide bonds. The number of nitro groups is 1. The largest absolute Gasteiger partial charge is 0.417 e. The van der Waals surface area contributed by atoms with E-state index in [1.807, 2.05) is 0 Å². The highest BCUT2D eigenvalue weighted by Crippen LogP contribution is 2.34. The minimum absolute atomic E-state index is 0.0946. The van der Waals surface area contributed by atoms with Gasteiger partial charge in [0.05, 0.1) is 20.4 Å². The molecule has 1 aromatic heterocycles. The summed E-state index contributed by atoms with van der Waals surface area (Å²) in [7, 11) is -2.65. The van der Waals surface area contributed by atoms with Crippen molar-refractivity contribution in [3.63, 3.8) is 0 Å². The third kappa shape index (κ3) is 5.95. The lowest BCUT2D eigenvalue weighted by Gasteiger charge is -2.10. The first-order chi connectivity index (χ1) is 13.5. The minimum atomic E-state index is -4.55. The van der Waals surface area contributed by atoms with E-state index in [9.17, 15) is 31.7 Å². The summed E-state index contributed by atoms with van der Waals surface area (Å²) in [4.78, 5) is 13.9. The van der Waals surface area contributed by atoms with Crippen LogP contribution < -0.4 is 10.0 Å². The molecule has 1 aromatic carbocycles. The Kier molecular flexibility index (Phi) is 7.32. The number of halogens is 4. The van der Waals surface area contributed by atoms with Crippen LogP contribution in [0.2, 0.25) is 5.02 Å². The fourth-order valence-corrected chi connectivity index (χ4v) is 3.92. The van der Waals surface area contributed by atoms with Gasteiger partial charge in [-0.25, -0.2) is 18.1 Å². The first kappa shape index (κ1) is 23.2. The number of thioether (sulfide) groups is 1. The molecule has 14 heteroatoms. The molecule has 0 aliphatic carbocycles. The van der Waals surface area contributed by atoms with Crippen LogP contribution >= 0.6 is 23.4 Å². The second-order valence-electron chi connectivity index (χ2n) is 5.43. The van der Waals surface area contributed by atoms with Crippen LogP contribution in [0.5, 0.6) is 0 Å². The number of nitrogens with one attached hydrogen (secondary N) is 2. The highest BCUT2D eigenvalue weighted by atomic mass is 35.5. The molecular weight excluding hydrogens is 457 g/mol. The Morgan fingerprint density at radius 3 is 2.55 bits per heavy atom. The maximum absolute atomic E-state index is 12.6. The van der Waals surface area contributed by atoms with E-state index in [-0.39, 0.29) is 32.9 Å². The Morgan fingerprint density at radius 1 is 1.31 bits per heavy atom. The normalized spacial score (nSPS) is 12.0. The van der Waals surface area contributed by atoms with Gasteiger partial charge in [0.15, 0.2) is 0 Å². The van der Waals surface area contributed by atoms with E-state index in [4.69, 9.17) is 11.6 Å². The van der Waals surface area contributed by atoms with Crippen molar-refractivity contribution in [2.75, 3.05) is 24.7 Å². The Bertz CT molecular complexity index is 1020. The van der Waals surface area contributed by atoms with Gasteiger partial charge in [0, 0.05) is 24.6 Å². The highest BCUT2D eigenvalue weighted by Gasteiger charge is 2.31. The SMILES string of the molecule is CNS(=O)(=O)c1ccc(NCCSc2ncc(C(F)(F)F)cc2Cl)c([N+](=O)[O-])c1. The second kappa shape index (κ2) is 9.15. The predicted octanol–water partition coefficient (Wildman–Crippen LogP) is 3.77. The summed E-state index contributed by atoms with van der Waals surface area (Å²) >= 11 is 6.88. The van der Waals surface area contributed by atoms with Gasteiger partial charge in [-0.05, 0) is 25.2 Å². The minimum Gasteiger partial charge on any atom is -0.379 e. The van der Waals surface area contributed by atoms with Crippen LogP contribution in [0.3, 0.4) is 0 Å². The highest BCUT2D eigenvalue weighted by molar-refractivity contribution is 7.99. The summed E-state index contributed by atoms with van der Waals surface area (Å²) in [5, 5.41) is 14.0. The van der Waals surface area contributed by atoms with Crippen LogP contribution in [0.15, 0.2) is 40.4 Å². The molecule has 0 saturated heterocycles. The van der Waals surface area contributed by atoms with Crippen LogP contribution in [0.4, 0.5) is 24.5 Å². The summed E-state index contributed by atoms with van der Waals surface area (Å²) in [5.41, 5.74) is -1.30. The number of sulfonamides is 1. The number of anilines is 1. The molecule has 29 heavy (non-hydrogen) atoms. The Hall–Kier alpha value is -2.09. The van der Waals surface area contributed by atoms with E-state index in [2.05, 4.69) is 15.0 Å². The van der Waals surface area contributed by atoms with Crippen LogP contribution in [-0.2, 0) is 16.2 Å². The van der Waals surface area contributed by atoms with Crippen molar-refractivity contribution >= 4 is 44.8 Å². The fraction of sp³-hybridized carbons (Fsp3) is 0.267. The molecule has 2 rings (SSSR count). The van der Waals surface area contributed by atoms with Gasteiger partial charge in [-0.2, -0.15) is 13.2 Å². The smallest absolute Gasteiger partial charge is 0.379 e. The Balaban J connectivity index is 2.05. The Morgan fingerprint density at radius 2 is 2.00 bits per heavy atom. The number of nitrogens with zero attached hydrogens (tertiary/aromatic N) is 2. The third-order valence-electron chi connectivity index (χ3n) is 3.54. The quantitative estimate of drug-likeness (QED) is 0.261. The molecule has 1 heterocycles. The van der Waals surface area contributed by atoms with E-state index in [0.717, 1.165) is 23.9 Å². The molecule has 0 spiro atoms. The van der Waals surface area contributed by atoms with Crippen LogP contribution in [0.25, 0.3) is 0 Å². The maximum Gasteiger partial charge on any atom is 0.417 e. The number of hydrogen-bond donors (Lipinski definition) is 2. The number of rotatable bonds is 8. The zero-order valence-electron chi connectivity index (χ0n) is 14.7. The fourth-order valence-electron chi connectivity index (χ4n) is 2.12. The van der Waals surface area contributed by atoms with E-state index < -0.39 is 32.4 Å². The zero-order valence-corrected chi connectivity index (χ0v) is 17.0. The average Bonchev–Trinajstić information content (AvgIpc) is 2.65. The van der Waals surface area contributed by atoms with Crippen LogP contribution in [0.1, 0.15) is 5.56 Å². The lowest BCUT2D eigenvalue weighted by atomic mass is 10.2. The molecule has 0 saturated carbocycles. The van der Waals surface area contributed by atoms with E-state index in [1.165, 1.54) is 19.2 Å². The van der Waals surface area contributed by atoms with Gasteiger partial charge in [0.2, 0.25) is 10.0 Å². The molecule has 8 nitrogen and oxygen atoms in total. The van der Waals surface area contributed by atoms with Crippen LogP contribution in [0, 0.1) is 10.1 Å². The van der Waals surface area contributed by atoms with Crippen molar-refractivity contribution in [1.29, 1.82) is 0 Å². The molecule has 2 N–H and O–H groups in total. The standard InChI is InChI=1S/C15H14ClF3N4O4S2/c1-20-29(26,27)10-2-3-12(13(7-10)23(24)25)21-4-5-28-14-11(16)6-9(8-22-14)15(17,18)19/h2-3,6-8,20-21H,4-5H2,1H3. The lowest BCUT2D eigenvalue weighted by molar-refractivity contribution is -0.384. The van der Waals surface area contributed by atoms with Gasteiger partial charge < -0.3 is 5.32 Å². The molecule has 0 fully saturated rings. The van der Waals surface area contributed by atoms with E-state index in [1.54, 1.807) is 0 Å². The molecule has 158 valence electrons. The first-order valence-electron chi connectivity index (χ1n) is 7.77. The van der Waals surface area contributed by atoms with Gasteiger partial charge >= 0.3 is 6.18 Å². The molecule has 0 unspecified atom stereocenters. The molecule has 0 atom stereocenters. The van der Waals surface area contributed by atoms with Gasteiger partial charge in [0.25, 0.3) is 5.69 Å². The van der Waals surface area contributed by atoms with Crippen molar-refractivity contribution in [2.45, 2.75) is 16.1 Å². The molecule has 0 aliphatic heterocycles. The topological polar surface area (TPSA) is 114 Å². The number of benzene rings is 1. The van der Waals surface area contributed by atoms with Crippen molar-refractivity contribution in [3.05, 3.63) is 51.2 Å². The molecular formula is C15H14ClF3N4O4S2. The zero-order chi connectivity index (χ0) is 21.8. The first-order valence-corrected chi connectivity index (χ1v) is 10.6. The number of pyridine rings is 1. The van der Waals surface area contributed by atoms with Crippen molar-refractivity contribution in [1.82, 2.24) is 9.71 Å². The Labute approximate surface area is 173 Å². The molecule has 0 aliphatic rings. The summed E-state index contributed by atoms with van der Waals surface area (Å²) in [5.74, 6) is 0.284. The second-order valence-corrected chi connectivity index (χ2v) is 8.80. The summed E-state index contributed by atoms with van der Waals surface area (Å²) in [6, 6.07) is 4.17. The van der Waals surface area contributed by atoms with Crippen molar-refractivity contribution in [2.24, 2.45) is 0 Å². The van der Waals surface area contributed by atoms with Gasteiger partial charge in [0.1, 0.15) is 10.7 Å². The number of alkyl halides is 3. The van der Waals surface area contributed by atoms with Crippen molar-refractivity contribution < 1.29 is 26.5 Å². The number of aromatic nitrogens is 1. The number of nitro benzene ring substituents is 1. The molecule has 0 bridgehead atoms. The van der Waals surface area contributed by atoms with Gasteiger partial charge in [-0.1, -0.05) is 11.6 Å². The lowest BCUT2D eigenvalue weighted by Crippen LogP contribution is -2.19. The third-order valence-corrected chi connectivity index (χ3v) is 6.36. The average molecular weight is 471 g/mol. The predicted molar refractivity (Wildman–Crippen MR) is 103 cm³/mol. The van der Waals surface area contributed by atoms with E-state index >= 15 is 0 Å². The summed E-state index contributed by atoms with van der Waals surface area (Å²) < 4.78 is 63.4. The molecule has 0 radical (unpaired) electrons. The monoisotopic (exact) mass is 470 g/mol. The maximum atomic E-state index is 12.6.